The summed E-state index contributed by atoms with van der Waals surface area (Å²) in [6.07, 6.45) is 0.310. The molecule has 0 aromatic heterocycles. The number of aliphatic hydroxyl groups is 1. The number of piperazine rings is 1. The molecule has 23 heavy (non-hydrogen) atoms. The summed E-state index contributed by atoms with van der Waals surface area (Å²) in [4.78, 5) is 15.5. The van der Waals surface area contributed by atoms with Crippen molar-refractivity contribution < 1.29 is 9.90 Å². The summed E-state index contributed by atoms with van der Waals surface area (Å²) in [5.74, 6) is 0.156. The van der Waals surface area contributed by atoms with Gasteiger partial charge in [0.1, 0.15) is 0 Å². The lowest BCUT2D eigenvalue weighted by molar-refractivity contribution is -0.130. The topological polar surface area (TPSA) is 43.8 Å². The molecule has 4 heteroatoms. The van der Waals surface area contributed by atoms with Crippen LogP contribution >= 0.6 is 0 Å². The van der Waals surface area contributed by atoms with Crippen molar-refractivity contribution in [3.8, 4) is 0 Å². The summed E-state index contributed by atoms with van der Waals surface area (Å²) in [5.41, 5.74) is 2.41. The smallest absolute Gasteiger partial charge is 0.219 e. The van der Waals surface area contributed by atoms with Gasteiger partial charge in [0.2, 0.25) is 5.91 Å². The molecular formula is C19H30N2O2. The van der Waals surface area contributed by atoms with Gasteiger partial charge in [0.15, 0.2) is 0 Å². The van der Waals surface area contributed by atoms with E-state index >= 15 is 0 Å². The highest BCUT2D eigenvalue weighted by Crippen LogP contribution is 2.25. The predicted octanol–water partition coefficient (Wildman–Crippen LogP) is 2.57. The van der Waals surface area contributed by atoms with Gasteiger partial charge >= 0.3 is 0 Å². The molecule has 0 saturated carbocycles. The zero-order chi connectivity index (χ0) is 17.0. The molecule has 1 heterocycles. The van der Waals surface area contributed by atoms with E-state index < -0.39 is 6.10 Å². The van der Waals surface area contributed by atoms with Crippen molar-refractivity contribution in [1.29, 1.82) is 0 Å². The maximum Gasteiger partial charge on any atom is 0.219 e. The van der Waals surface area contributed by atoms with E-state index in [-0.39, 0.29) is 11.3 Å². The zero-order valence-electron chi connectivity index (χ0n) is 14.9. The van der Waals surface area contributed by atoms with Crippen LogP contribution in [0.3, 0.4) is 0 Å². The largest absolute Gasteiger partial charge is 0.388 e. The lowest BCUT2D eigenvalue weighted by atomic mass is 9.86. The van der Waals surface area contributed by atoms with Crippen molar-refractivity contribution in [2.45, 2.75) is 45.6 Å². The lowest BCUT2D eigenvalue weighted by Crippen LogP contribution is -2.48. The molecule has 1 fully saturated rings. The fraction of sp³-hybridized carbons (Fsp3) is 0.632. The van der Waals surface area contributed by atoms with Crippen molar-refractivity contribution in [2.75, 3.05) is 32.7 Å². The lowest BCUT2D eigenvalue weighted by Gasteiger charge is -2.34. The minimum Gasteiger partial charge on any atom is -0.388 e. The highest BCUT2D eigenvalue weighted by atomic mass is 16.3. The van der Waals surface area contributed by atoms with Gasteiger partial charge in [-0.3, -0.25) is 9.69 Å². The number of amides is 1. The van der Waals surface area contributed by atoms with Crippen LogP contribution in [0.1, 0.15) is 51.3 Å². The van der Waals surface area contributed by atoms with Gasteiger partial charge in [0, 0.05) is 39.6 Å². The van der Waals surface area contributed by atoms with Gasteiger partial charge in [0.05, 0.1) is 6.10 Å². The number of hydrogen-bond donors (Lipinski definition) is 1. The van der Waals surface area contributed by atoms with Crippen LogP contribution in [0.4, 0.5) is 0 Å². The van der Waals surface area contributed by atoms with E-state index in [4.69, 9.17) is 0 Å². The molecule has 1 aliphatic rings. The first kappa shape index (κ1) is 18.0. The third-order valence-corrected chi connectivity index (χ3v) is 4.70. The van der Waals surface area contributed by atoms with Crippen LogP contribution < -0.4 is 0 Å². The van der Waals surface area contributed by atoms with Crippen molar-refractivity contribution in [1.82, 2.24) is 9.80 Å². The SMILES string of the molecule is CC(=O)N1CCN(CCC(O)c2ccc(C(C)(C)C)cc2)CC1. The first-order chi connectivity index (χ1) is 10.8. The zero-order valence-corrected chi connectivity index (χ0v) is 14.9. The average Bonchev–Trinajstić information content (AvgIpc) is 2.52. The Balaban J connectivity index is 1.81. The number of benzene rings is 1. The third-order valence-electron chi connectivity index (χ3n) is 4.70. The molecule has 1 unspecified atom stereocenters. The van der Waals surface area contributed by atoms with Crippen molar-refractivity contribution in [2.24, 2.45) is 0 Å². The monoisotopic (exact) mass is 318 g/mol. The Kier molecular flexibility index (Phi) is 5.82. The Hall–Kier alpha value is -1.39. The minimum atomic E-state index is -0.421. The van der Waals surface area contributed by atoms with E-state index in [1.165, 1.54) is 5.56 Å². The first-order valence-electron chi connectivity index (χ1n) is 8.54. The van der Waals surface area contributed by atoms with Crippen molar-refractivity contribution >= 4 is 5.91 Å². The maximum absolute atomic E-state index is 11.3. The summed E-state index contributed by atoms with van der Waals surface area (Å²) < 4.78 is 0. The van der Waals surface area contributed by atoms with Crippen LogP contribution in [0.2, 0.25) is 0 Å². The summed E-state index contributed by atoms with van der Waals surface area (Å²) >= 11 is 0. The number of carbonyl (C=O) groups excluding carboxylic acids is 1. The van der Waals surface area contributed by atoms with Crippen LogP contribution in [0, 0.1) is 0 Å². The fourth-order valence-corrected chi connectivity index (χ4v) is 2.96. The fourth-order valence-electron chi connectivity index (χ4n) is 2.96. The van der Waals surface area contributed by atoms with Gasteiger partial charge in [-0.1, -0.05) is 45.0 Å². The Bertz CT molecular complexity index is 511. The Labute approximate surface area is 140 Å². The van der Waals surface area contributed by atoms with Crippen molar-refractivity contribution in [3.05, 3.63) is 35.4 Å². The highest BCUT2D eigenvalue weighted by Gasteiger charge is 2.19. The van der Waals surface area contributed by atoms with Crippen LogP contribution in [0.5, 0.6) is 0 Å². The van der Waals surface area contributed by atoms with Gasteiger partial charge in [-0.05, 0) is 23.0 Å². The van der Waals surface area contributed by atoms with Gasteiger partial charge in [-0.15, -0.1) is 0 Å². The van der Waals surface area contributed by atoms with Gasteiger partial charge in [-0.25, -0.2) is 0 Å². The van der Waals surface area contributed by atoms with Gasteiger partial charge < -0.3 is 10.0 Å². The van der Waals surface area contributed by atoms with E-state index in [0.29, 0.717) is 0 Å². The molecule has 4 nitrogen and oxygen atoms in total. The number of hydrogen-bond acceptors (Lipinski definition) is 3. The normalized spacial score (nSPS) is 18.0. The van der Waals surface area contributed by atoms with Crippen LogP contribution in [0.15, 0.2) is 24.3 Å². The maximum atomic E-state index is 11.3. The molecule has 0 aliphatic carbocycles. The first-order valence-corrected chi connectivity index (χ1v) is 8.54. The highest BCUT2D eigenvalue weighted by molar-refractivity contribution is 5.73. The van der Waals surface area contributed by atoms with E-state index in [2.05, 4.69) is 37.8 Å². The Morgan fingerprint density at radius 2 is 1.70 bits per heavy atom. The van der Waals surface area contributed by atoms with E-state index in [0.717, 1.165) is 44.7 Å². The standard InChI is InChI=1S/C19H30N2O2/c1-15(22)21-13-11-20(12-14-21)10-9-18(23)16-5-7-17(8-6-16)19(2,3)4/h5-8,18,23H,9-14H2,1-4H3. The number of carbonyl (C=O) groups is 1. The predicted molar refractivity (Wildman–Crippen MR) is 93.4 cm³/mol. The molecule has 0 radical (unpaired) electrons. The van der Waals surface area contributed by atoms with E-state index in [9.17, 15) is 9.90 Å². The number of nitrogens with zero attached hydrogens (tertiary/aromatic N) is 2. The number of rotatable bonds is 4. The summed E-state index contributed by atoms with van der Waals surface area (Å²) in [5, 5.41) is 10.4. The third kappa shape index (κ3) is 5.05. The van der Waals surface area contributed by atoms with Crippen LogP contribution in [0.25, 0.3) is 0 Å². The molecule has 128 valence electrons. The van der Waals surface area contributed by atoms with Crippen LogP contribution in [-0.4, -0.2) is 53.5 Å². The van der Waals surface area contributed by atoms with Crippen molar-refractivity contribution in [3.63, 3.8) is 0 Å². The second kappa shape index (κ2) is 7.45. The molecule has 1 N–H and O–H groups in total. The summed E-state index contributed by atoms with van der Waals surface area (Å²) in [6, 6.07) is 8.31. The molecule has 2 rings (SSSR count). The molecule has 1 aromatic carbocycles. The van der Waals surface area contributed by atoms with Gasteiger partial charge in [0.25, 0.3) is 0 Å². The summed E-state index contributed by atoms with van der Waals surface area (Å²) in [7, 11) is 0. The Morgan fingerprint density at radius 1 is 1.13 bits per heavy atom. The Morgan fingerprint density at radius 3 is 2.17 bits per heavy atom. The second-order valence-electron chi connectivity index (χ2n) is 7.52. The molecule has 1 saturated heterocycles. The molecule has 0 spiro atoms. The van der Waals surface area contributed by atoms with Gasteiger partial charge in [-0.2, -0.15) is 0 Å². The quantitative estimate of drug-likeness (QED) is 0.928. The molecule has 1 amide bonds. The van der Waals surface area contributed by atoms with Crippen LogP contribution in [-0.2, 0) is 10.2 Å². The molecule has 0 bridgehead atoms. The average molecular weight is 318 g/mol. The summed E-state index contributed by atoms with van der Waals surface area (Å²) in [6.45, 7) is 12.5. The molecule has 1 aliphatic heterocycles. The minimum absolute atomic E-state index is 0.139. The second-order valence-corrected chi connectivity index (χ2v) is 7.52. The molecular weight excluding hydrogens is 288 g/mol. The van der Waals surface area contributed by atoms with E-state index in [1.54, 1.807) is 6.92 Å². The number of aliphatic hydroxyl groups excluding tert-OH is 1. The van der Waals surface area contributed by atoms with E-state index in [1.807, 2.05) is 17.0 Å². The molecule has 1 aromatic rings. The molecule has 1 atom stereocenters.